The summed E-state index contributed by atoms with van der Waals surface area (Å²) in [6.45, 7) is 4.31. The first-order valence-electron chi connectivity index (χ1n) is 4.50. The normalized spacial score (nSPS) is 12.6. The number of rotatable bonds is 4. The molecule has 0 aliphatic carbocycles. The predicted molar refractivity (Wildman–Crippen MR) is 59.3 cm³/mol. The molecule has 0 saturated heterocycles. The van der Waals surface area contributed by atoms with Gasteiger partial charge in [-0.05, 0) is 36.2 Å². The Morgan fingerprint density at radius 1 is 1.64 bits per heavy atom. The molecule has 1 atom stereocenters. The van der Waals surface area contributed by atoms with E-state index in [1.165, 1.54) is 0 Å². The van der Waals surface area contributed by atoms with Gasteiger partial charge in [0.1, 0.15) is 11.6 Å². The molecule has 1 aromatic rings. The Morgan fingerprint density at radius 2 is 2.36 bits per heavy atom. The number of nitrogens with one attached hydrogen (secondary N) is 1. The van der Waals surface area contributed by atoms with Crippen LogP contribution < -0.4 is 5.32 Å². The van der Waals surface area contributed by atoms with Crippen LogP contribution in [0.25, 0.3) is 0 Å². The third-order valence-corrected chi connectivity index (χ3v) is 2.30. The van der Waals surface area contributed by atoms with E-state index in [4.69, 9.17) is 5.11 Å². The van der Waals surface area contributed by atoms with Crippen molar-refractivity contribution in [2.24, 2.45) is 0 Å². The molecule has 0 radical (unpaired) electrons. The average molecular weight is 260 g/mol. The van der Waals surface area contributed by atoms with Crippen LogP contribution in [0.1, 0.15) is 19.2 Å². The lowest BCUT2D eigenvalue weighted by Crippen LogP contribution is -2.11. The lowest BCUT2D eigenvalue weighted by atomic mass is 10.3. The SMILES string of the molecule is Cc1ncc(Br)c(NCCC(C)O)n1. The third kappa shape index (κ3) is 3.59. The van der Waals surface area contributed by atoms with Gasteiger partial charge in [-0.2, -0.15) is 0 Å². The molecular formula is C9H14BrN3O. The maximum Gasteiger partial charge on any atom is 0.144 e. The molecule has 0 saturated carbocycles. The number of nitrogens with zero attached hydrogens (tertiary/aromatic N) is 2. The van der Waals surface area contributed by atoms with Crippen LogP contribution in [0.4, 0.5) is 5.82 Å². The smallest absolute Gasteiger partial charge is 0.144 e. The largest absolute Gasteiger partial charge is 0.393 e. The molecule has 5 heteroatoms. The molecule has 0 aliphatic rings. The predicted octanol–water partition coefficient (Wildman–Crippen LogP) is 1.73. The number of aliphatic hydroxyl groups excluding tert-OH is 1. The molecule has 0 spiro atoms. The fraction of sp³-hybridized carbons (Fsp3) is 0.556. The van der Waals surface area contributed by atoms with Crippen molar-refractivity contribution in [3.63, 3.8) is 0 Å². The molecule has 0 fully saturated rings. The molecule has 2 N–H and O–H groups in total. The summed E-state index contributed by atoms with van der Waals surface area (Å²) in [5, 5.41) is 12.2. The zero-order valence-corrected chi connectivity index (χ0v) is 9.87. The highest BCUT2D eigenvalue weighted by molar-refractivity contribution is 9.10. The number of hydrogen-bond donors (Lipinski definition) is 2. The molecule has 1 rings (SSSR count). The summed E-state index contributed by atoms with van der Waals surface area (Å²) in [7, 11) is 0. The van der Waals surface area contributed by atoms with Gasteiger partial charge in [-0.15, -0.1) is 0 Å². The fourth-order valence-corrected chi connectivity index (χ4v) is 1.31. The van der Waals surface area contributed by atoms with Crippen LogP contribution in [0.2, 0.25) is 0 Å². The summed E-state index contributed by atoms with van der Waals surface area (Å²) < 4.78 is 0.841. The van der Waals surface area contributed by atoms with E-state index in [0.29, 0.717) is 13.0 Å². The van der Waals surface area contributed by atoms with Crippen LogP contribution in [-0.2, 0) is 0 Å². The monoisotopic (exact) mass is 259 g/mol. The van der Waals surface area contributed by atoms with Gasteiger partial charge in [0, 0.05) is 12.7 Å². The molecule has 4 nitrogen and oxygen atoms in total. The topological polar surface area (TPSA) is 58.0 Å². The van der Waals surface area contributed by atoms with E-state index >= 15 is 0 Å². The second-order valence-electron chi connectivity index (χ2n) is 3.18. The van der Waals surface area contributed by atoms with Gasteiger partial charge < -0.3 is 10.4 Å². The van der Waals surface area contributed by atoms with Crippen molar-refractivity contribution in [3.05, 3.63) is 16.5 Å². The first-order valence-corrected chi connectivity index (χ1v) is 5.30. The minimum Gasteiger partial charge on any atom is -0.393 e. The van der Waals surface area contributed by atoms with Crippen molar-refractivity contribution in [3.8, 4) is 0 Å². The van der Waals surface area contributed by atoms with Gasteiger partial charge in [-0.25, -0.2) is 9.97 Å². The Balaban J connectivity index is 2.53. The van der Waals surface area contributed by atoms with Crippen LogP contribution >= 0.6 is 15.9 Å². The Labute approximate surface area is 91.9 Å². The highest BCUT2D eigenvalue weighted by Gasteiger charge is 2.02. The molecule has 78 valence electrons. The molecule has 0 aliphatic heterocycles. The van der Waals surface area contributed by atoms with Crippen LogP contribution in [0.3, 0.4) is 0 Å². The van der Waals surface area contributed by atoms with Crippen LogP contribution in [0.15, 0.2) is 10.7 Å². The molecule has 1 aromatic heterocycles. The van der Waals surface area contributed by atoms with Crippen LogP contribution in [0, 0.1) is 6.92 Å². The Hall–Kier alpha value is -0.680. The van der Waals surface area contributed by atoms with Gasteiger partial charge in [0.15, 0.2) is 0 Å². The van der Waals surface area contributed by atoms with E-state index in [0.717, 1.165) is 16.1 Å². The van der Waals surface area contributed by atoms with E-state index in [1.54, 1.807) is 13.1 Å². The van der Waals surface area contributed by atoms with Gasteiger partial charge in [0.05, 0.1) is 10.6 Å². The number of aliphatic hydroxyl groups is 1. The Kier molecular flexibility index (Phi) is 4.28. The first-order chi connectivity index (χ1) is 6.59. The minimum absolute atomic E-state index is 0.288. The minimum atomic E-state index is -0.288. The van der Waals surface area contributed by atoms with Crippen molar-refractivity contribution in [1.82, 2.24) is 9.97 Å². The number of halogens is 1. The number of aromatic nitrogens is 2. The second-order valence-corrected chi connectivity index (χ2v) is 4.03. The summed E-state index contributed by atoms with van der Waals surface area (Å²) in [5.41, 5.74) is 0. The molecular weight excluding hydrogens is 246 g/mol. The van der Waals surface area contributed by atoms with Crippen molar-refractivity contribution in [2.45, 2.75) is 26.4 Å². The average Bonchev–Trinajstić information content (AvgIpc) is 2.10. The standard InChI is InChI=1S/C9H14BrN3O/c1-6(14)3-4-11-9-8(10)5-12-7(2)13-9/h5-6,14H,3-4H2,1-2H3,(H,11,12,13). The molecule has 1 heterocycles. The summed E-state index contributed by atoms with van der Waals surface area (Å²) in [5.74, 6) is 1.51. The quantitative estimate of drug-likeness (QED) is 0.865. The van der Waals surface area contributed by atoms with Gasteiger partial charge in [0.2, 0.25) is 0 Å². The number of aryl methyl sites for hydroxylation is 1. The van der Waals surface area contributed by atoms with Crippen molar-refractivity contribution < 1.29 is 5.11 Å². The van der Waals surface area contributed by atoms with Gasteiger partial charge >= 0.3 is 0 Å². The zero-order valence-electron chi connectivity index (χ0n) is 8.29. The second kappa shape index (κ2) is 5.26. The lowest BCUT2D eigenvalue weighted by molar-refractivity contribution is 0.188. The molecule has 0 aromatic carbocycles. The van der Waals surface area contributed by atoms with Crippen molar-refractivity contribution in [2.75, 3.05) is 11.9 Å². The Morgan fingerprint density at radius 3 is 3.00 bits per heavy atom. The molecule has 0 bridgehead atoms. The van der Waals surface area contributed by atoms with Gasteiger partial charge in [0.25, 0.3) is 0 Å². The number of anilines is 1. The van der Waals surface area contributed by atoms with E-state index in [1.807, 2.05) is 6.92 Å². The zero-order chi connectivity index (χ0) is 10.6. The fourth-order valence-electron chi connectivity index (χ4n) is 0.979. The molecule has 1 unspecified atom stereocenters. The van der Waals surface area contributed by atoms with Crippen LogP contribution in [0.5, 0.6) is 0 Å². The summed E-state index contributed by atoms with van der Waals surface area (Å²) >= 11 is 3.35. The molecule has 14 heavy (non-hydrogen) atoms. The summed E-state index contributed by atoms with van der Waals surface area (Å²) in [4.78, 5) is 8.25. The first kappa shape index (κ1) is 11.4. The van der Waals surface area contributed by atoms with E-state index in [9.17, 15) is 0 Å². The van der Waals surface area contributed by atoms with Crippen molar-refractivity contribution >= 4 is 21.7 Å². The third-order valence-electron chi connectivity index (χ3n) is 1.72. The van der Waals surface area contributed by atoms with Gasteiger partial charge in [-0.1, -0.05) is 0 Å². The number of hydrogen-bond acceptors (Lipinski definition) is 4. The van der Waals surface area contributed by atoms with Crippen molar-refractivity contribution in [1.29, 1.82) is 0 Å². The highest BCUT2D eigenvalue weighted by atomic mass is 79.9. The van der Waals surface area contributed by atoms with Gasteiger partial charge in [-0.3, -0.25) is 0 Å². The van der Waals surface area contributed by atoms with E-state index in [-0.39, 0.29) is 6.10 Å². The summed E-state index contributed by atoms with van der Waals surface area (Å²) in [6.07, 6.45) is 2.13. The maximum absolute atomic E-state index is 9.07. The highest BCUT2D eigenvalue weighted by Crippen LogP contribution is 2.18. The Bertz CT molecular complexity index is 304. The lowest BCUT2D eigenvalue weighted by Gasteiger charge is -2.08. The molecule has 0 amide bonds. The van der Waals surface area contributed by atoms with E-state index in [2.05, 4.69) is 31.2 Å². The maximum atomic E-state index is 9.07. The summed E-state index contributed by atoms with van der Waals surface area (Å²) in [6, 6.07) is 0. The van der Waals surface area contributed by atoms with E-state index < -0.39 is 0 Å². The van der Waals surface area contributed by atoms with Crippen LogP contribution in [-0.4, -0.2) is 27.7 Å².